The zero-order valence-electron chi connectivity index (χ0n) is 8.60. The lowest BCUT2D eigenvalue weighted by molar-refractivity contribution is -0.0130. The van der Waals surface area contributed by atoms with E-state index in [-0.39, 0.29) is 12.1 Å². The molecule has 0 radical (unpaired) electrons. The van der Waals surface area contributed by atoms with Gasteiger partial charge in [0.05, 0.1) is 13.2 Å². The molecular weight excluding hydrogens is 214 g/mol. The summed E-state index contributed by atoms with van der Waals surface area (Å²) < 4.78 is 0.968. The van der Waals surface area contributed by atoms with E-state index in [0.29, 0.717) is 0 Å². The van der Waals surface area contributed by atoms with Crippen molar-refractivity contribution in [1.29, 1.82) is 5.26 Å². The smallest absolute Gasteiger partial charge is 0.328 e. The van der Waals surface area contributed by atoms with Gasteiger partial charge in [-0.3, -0.25) is 14.3 Å². The van der Waals surface area contributed by atoms with Crippen molar-refractivity contribution in [3.8, 4) is 6.07 Å². The molecule has 0 saturated carbocycles. The van der Waals surface area contributed by atoms with Crippen molar-refractivity contribution < 1.29 is 10.2 Å². The summed E-state index contributed by atoms with van der Waals surface area (Å²) in [4.78, 5) is 24.3. The molecule has 1 atom stereocenters. The Morgan fingerprint density at radius 1 is 1.62 bits per heavy atom. The highest BCUT2D eigenvalue weighted by Crippen LogP contribution is 2.03. The van der Waals surface area contributed by atoms with E-state index in [9.17, 15) is 14.7 Å². The maximum absolute atomic E-state index is 11.3. The van der Waals surface area contributed by atoms with Crippen molar-refractivity contribution >= 4 is 0 Å². The minimum atomic E-state index is -1.49. The lowest BCUT2D eigenvalue weighted by Crippen LogP contribution is -2.41. The van der Waals surface area contributed by atoms with Crippen LogP contribution in [0.15, 0.2) is 15.8 Å². The molecule has 86 valence electrons. The first-order chi connectivity index (χ1) is 7.39. The highest BCUT2D eigenvalue weighted by atomic mass is 16.3. The van der Waals surface area contributed by atoms with Crippen LogP contribution in [0.2, 0.25) is 0 Å². The Morgan fingerprint density at radius 2 is 2.25 bits per heavy atom. The van der Waals surface area contributed by atoms with Crippen molar-refractivity contribution in [1.82, 2.24) is 9.55 Å². The molecule has 0 saturated heterocycles. The number of hydrogen-bond donors (Lipinski definition) is 3. The van der Waals surface area contributed by atoms with Gasteiger partial charge in [0.1, 0.15) is 17.2 Å². The molecule has 0 amide bonds. The van der Waals surface area contributed by atoms with Crippen molar-refractivity contribution in [3.05, 3.63) is 32.6 Å². The largest absolute Gasteiger partial charge is 0.393 e. The van der Waals surface area contributed by atoms with Crippen LogP contribution >= 0.6 is 0 Å². The minimum absolute atomic E-state index is 0.214. The van der Waals surface area contributed by atoms with Crippen LogP contribution in [0.1, 0.15) is 12.5 Å². The molecule has 3 N–H and O–H groups in total. The summed E-state index contributed by atoms with van der Waals surface area (Å²) in [6.07, 6.45) is 1.05. The second-order valence-corrected chi connectivity index (χ2v) is 3.70. The number of H-pyrrole nitrogens is 1. The van der Waals surface area contributed by atoms with E-state index in [1.54, 1.807) is 6.07 Å². The van der Waals surface area contributed by atoms with Gasteiger partial charge in [0, 0.05) is 6.20 Å². The van der Waals surface area contributed by atoms with E-state index in [1.807, 2.05) is 4.98 Å². The molecule has 1 aromatic rings. The second-order valence-electron chi connectivity index (χ2n) is 3.70. The van der Waals surface area contributed by atoms with E-state index in [0.717, 1.165) is 10.8 Å². The molecule has 0 bridgehead atoms. The Hall–Kier alpha value is -1.91. The van der Waals surface area contributed by atoms with Gasteiger partial charge in [-0.25, -0.2) is 4.79 Å². The molecule has 1 heterocycles. The Morgan fingerprint density at radius 3 is 2.75 bits per heavy atom. The number of nitrogens with one attached hydrogen (secondary N) is 1. The summed E-state index contributed by atoms with van der Waals surface area (Å²) in [5.74, 6) is 0. The Labute approximate surface area is 90.2 Å². The molecule has 7 heteroatoms. The van der Waals surface area contributed by atoms with Crippen molar-refractivity contribution in [2.75, 3.05) is 6.61 Å². The topological polar surface area (TPSA) is 119 Å². The van der Waals surface area contributed by atoms with Gasteiger partial charge in [0.25, 0.3) is 5.56 Å². The predicted octanol–water partition coefficient (Wildman–Crippen LogP) is -1.85. The number of nitrogens with zero attached hydrogens (tertiary/aromatic N) is 2. The van der Waals surface area contributed by atoms with Crippen LogP contribution in [0.5, 0.6) is 0 Å². The summed E-state index contributed by atoms with van der Waals surface area (Å²) in [6.45, 7) is 0.574. The monoisotopic (exact) mass is 225 g/mol. The van der Waals surface area contributed by atoms with Crippen LogP contribution in [0.3, 0.4) is 0 Å². The summed E-state index contributed by atoms with van der Waals surface area (Å²) in [5.41, 5.74) is -3.23. The first kappa shape index (κ1) is 12.2. The van der Waals surface area contributed by atoms with E-state index in [4.69, 9.17) is 10.4 Å². The van der Waals surface area contributed by atoms with Crippen LogP contribution in [0.4, 0.5) is 0 Å². The molecule has 0 aliphatic heterocycles. The molecule has 16 heavy (non-hydrogen) atoms. The quantitative estimate of drug-likeness (QED) is 0.558. The molecule has 1 unspecified atom stereocenters. The van der Waals surface area contributed by atoms with Crippen molar-refractivity contribution in [3.63, 3.8) is 0 Å². The lowest BCUT2D eigenvalue weighted by atomic mass is 10.1. The highest BCUT2D eigenvalue weighted by molar-refractivity contribution is 5.21. The summed E-state index contributed by atoms with van der Waals surface area (Å²) in [5, 5.41) is 27.0. The number of hydrogen-bond acceptors (Lipinski definition) is 5. The fourth-order valence-electron chi connectivity index (χ4n) is 1.12. The number of aromatic nitrogens is 2. The van der Waals surface area contributed by atoms with Crippen LogP contribution < -0.4 is 11.2 Å². The molecule has 0 fully saturated rings. The molecular formula is C9H11N3O4. The van der Waals surface area contributed by atoms with Crippen LogP contribution in [0, 0.1) is 11.3 Å². The zero-order valence-corrected chi connectivity index (χ0v) is 8.60. The molecule has 0 aliphatic carbocycles. The predicted molar refractivity (Wildman–Crippen MR) is 53.7 cm³/mol. The molecule has 7 nitrogen and oxygen atoms in total. The van der Waals surface area contributed by atoms with Gasteiger partial charge in [0.2, 0.25) is 0 Å². The highest BCUT2D eigenvalue weighted by Gasteiger charge is 2.20. The van der Waals surface area contributed by atoms with Gasteiger partial charge in [-0.15, -0.1) is 0 Å². The number of aliphatic hydroxyl groups excluding tert-OH is 1. The Bertz CT molecular complexity index is 535. The molecule has 1 aromatic heterocycles. The third kappa shape index (κ3) is 2.56. The SMILES string of the molecule is CC(O)(CO)Cn1cc(C#N)c(=O)[nH]c1=O. The van der Waals surface area contributed by atoms with Gasteiger partial charge in [-0.05, 0) is 6.92 Å². The average Bonchev–Trinajstić information content (AvgIpc) is 2.22. The van der Waals surface area contributed by atoms with Gasteiger partial charge >= 0.3 is 5.69 Å². The summed E-state index contributed by atoms with van der Waals surface area (Å²) >= 11 is 0. The van der Waals surface area contributed by atoms with Gasteiger partial charge in [-0.2, -0.15) is 5.26 Å². The normalized spacial score (nSPS) is 14.1. The maximum Gasteiger partial charge on any atom is 0.328 e. The Balaban J connectivity index is 3.22. The van der Waals surface area contributed by atoms with Crippen LogP contribution in [-0.4, -0.2) is 32.0 Å². The average molecular weight is 225 g/mol. The van der Waals surface area contributed by atoms with Crippen LogP contribution in [0.25, 0.3) is 0 Å². The fraction of sp³-hybridized carbons (Fsp3) is 0.444. The number of aromatic amines is 1. The number of aliphatic hydroxyl groups is 2. The molecule has 1 rings (SSSR count). The van der Waals surface area contributed by atoms with E-state index < -0.39 is 23.5 Å². The summed E-state index contributed by atoms with van der Waals surface area (Å²) in [7, 11) is 0. The lowest BCUT2D eigenvalue weighted by Gasteiger charge is -2.20. The number of rotatable bonds is 3. The van der Waals surface area contributed by atoms with Crippen molar-refractivity contribution in [2.24, 2.45) is 0 Å². The van der Waals surface area contributed by atoms with Gasteiger partial charge < -0.3 is 10.2 Å². The standard InChI is InChI=1S/C9H11N3O4/c1-9(16,5-13)4-12-3-6(2-10)7(14)11-8(12)15/h3,13,16H,4-5H2,1H3,(H,11,14,15). The molecule has 0 spiro atoms. The van der Waals surface area contributed by atoms with Crippen molar-refractivity contribution in [2.45, 2.75) is 19.1 Å². The Kier molecular flexibility index (Phi) is 3.27. The number of nitriles is 1. The second kappa shape index (κ2) is 4.30. The van der Waals surface area contributed by atoms with E-state index >= 15 is 0 Å². The van der Waals surface area contributed by atoms with E-state index in [2.05, 4.69) is 0 Å². The zero-order chi connectivity index (χ0) is 12.3. The van der Waals surface area contributed by atoms with E-state index in [1.165, 1.54) is 6.92 Å². The van der Waals surface area contributed by atoms with Crippen LogP contribution in [-0.2, 0) is 6.54 Å². The fourth-order valence-corrected chi connectivity index (χ4v) is 1.12. The molecule has 0 aromatic carbocycles. The third-order valence-electron chi connectivity index (χ3n) is 1.98. The summed E-state index contributed by atoms with van der Waals surface area (Å²) in [6, 6.07) is 1.62. The minimum Gasteiger partial charge on any atom is -0.393 e. The third-order valence-corrected chi connectivity index (χ3v) is 1.98. The van der Waals surface area contributed by atoms with Gasteiger partial charge in [0.15, 0.2) is 0 Å². The first-order valence-corrected chi connectivity index (χ1v) is 4.47. The maximum atomic E-state index is 11.3. The molecule has 0 aliphatic rings. The van der Waals surface area contributed by atoms with Gasteiger partial charge in [-0.1, -0.05) is 0 Å². The first-order valence-electron chi connectivity index (χ1n) is 4.47.